The number of imide groups is 1. The average Bonchev–Trinajstić information content (AvgIpc) is 2.92. The SMILES string of the molecule is CCN1CCN(C2=C(c3ccc(OC)cc3)C(=O)N(C(C)C)C2=O)CC1. The maximum absolute atomic E-state index is 13.1. The van der Waals surface area contributed by atoms with E-state index in [2.05, 4.69) is 16.7 Å². The summed E-state index contributed by atoms with van der Waals surface area (Å²) < 4.78 is 5.21. The molecule has 1 aromatic rings. The van der Waals surface area contributed by atoms with E-state index in [0.29, 0.717) is 11.3 Å². The van der Waals surface area contributed by atoms with Crippen molar-refractivity contribution in [3.05, 3.63) is 35.5 Å². The van der Waals surface area contributed by atoms with E-state index in [1.807, 2.05) is 38.1 Å². The second-order valence-electron chi connectivity index (χ2n) is 6.95. The normalized spacial score (nSPS) is 19.1. The van der Waals surface area contributed by atoms with Gasteiger partial charge in [-0.15, -0.1) is 0 Å². The molecule has 0 radical (unpaired) electrons. The molecule has 2 aliphatic heterocycles. The van der Waals surface area contributed by atoms with Crippen molar-refractivity contribution < 1.29 is 14.3 Å². The van der Waals surface area contributed by atoms with Gasteiger partial charge in [-0.25, -0.2) is 0 Å². The number of nitrogens with zero attached hydrogens (tertiary/aromatic N) is 3. The highest BCUT2D eigenvalue weighted by atomic mass is 16.5. The summed E-state index contributed by atoms with van der Waals surface area (Å²) >= 11 is 0. The molecule has 0 aromatic heterocycles. The van der Waals surface area contributed by atoms with E-state index < -0.39 is 0 Å². The number of carbonyl (C=O) groups excluding carboxylic acids is 2. The largest absolute Gasteiger partial charge is 0.497 e. The molecule has 0 N–H and O–H groups in total. The highest BCUT2D eigenvalue weighted by molar-refractivity contribution is 6.35. The van der Waals surface area contributed by atoms with E-state index in [1.54, 1.807) is 7.11 Å². The first kappa shape index (κ1) is 18.5. The zero-order chi connectivity index (χ0) is 18.8. The van der Waals surface area contributed by atoms with Crippen molar-refractivity contribution >= 4 is 17.4 Å². The van der Waals surface area contributed by atoms with Crippen LogP contribution in [0.1, 0.15) is 26.3 Å². The molecule has 1 aromatic carbocycles. The zero-order valence-corrected chi connectivity index (χ0v) is 16.0. The molecule has 6 heteroatoms. The maximum atomic E-state index is 13.1. The van der Waals surface area contributed by atoms with Crippen molar-refractivity contribution in [1.82, 2.24) is 14.7 Å². The summed E-state index contributed by atoms with van der Waals surface area (Å²) in [6.07, 6.45) is 0. The van der Waals surface area contributed by atoms with Crippen molar-refractivity contribution in [3.8, 4) is 5.75 Å². The standard InChI is InChI=1S/C20H27N3O3/c1-5-21-10-12-22(13-11-21)18-17(15-6-8-16(26-4)9-7-15)19(24)23(14(2)3)20(18)25/h6-9,14H,5,10-13H2,1-4H3. The number of hydrogen-bond acceptors (Lipinski definition) is 5. The number of benzene rings is 1. The Labute approximate surface area is 155 Å². The molecule has 0 saturated carbocycles. The second kappa shape index (κ2) is 7.50. The zero-order valence-electron chi connectivity index (χ0n) is 16.0. The molecule has 1 fully saturated rings. The third-order valence-electron chi connectivity index (χ3n) is 5.12. The molecule has 0 aliphatic carbocycles. The highest BCUT2D eigenvalue weighted by Gasteiger charge is 2.43. The fraction of sp³-hybridized carbons (Fsp3) is 0.500. The summed E-state index contributed by atoms with van der Waals surface area (Å²) in [5.74, 6) is 0.341. The molecule has 26 heavy (non-hydrogen) atoms. The van der Waals surface area contributed by atoms with Crippen LogP contribution in [0.25, 0.3) is 5.57 Å². The van der Waals surface area contributed by atoms with Crippen LogP contribution < -0.4 is 4.74 Å². The average molecular weight is 357 g/mol. The number of piperazine rings is 1. The smallest absolute Gasteiger partial charge is 0.278 e. The Bertz CT molecular complexity index is 716. The fourth-order valence-corrected chi connectivity index (χ4v) is 3.60. The molecule has 6 nitrogen and oxygen atoms in total. The van der Waals surface area contributed by atoms with Gasteiger partial charge in [0.05, 0.1) is 12.7 Å². The molecule has 140 valence electrons. The predicted molar refractivity (Wildman–Crippen MR) is 101 cm³/mol. The minimum absolute atomic E-state index is 0.169. The summed E-state index contributed by atoms with van der Waals surface area (Å²) in [4.78, 5) is 32.0. The van der Waals surface area contributed by atoms with Gasteiger partial charge < -0.3 is 14.5 Å². The van der Waals surface area contributed by atoms with Gasteiger partial charge in [-0.05, 0) is 38.1 Å². The number of amides is 2. The molecule has 0 unspecified atom stereocenters. The van der Waals surface area contributed by atoms with Crippen LogP contribution in [0.4, 0.5) is 0 Å². The number of methoxy groups -OCH3 is 1. The van der Waals surface area contributed by atoms with Crippen LogP contribution in [0.3, 0.4) is 0 Å². The Kier molecular flexibility index (Phi) is 5.32. The van der Waals surface area contributed by atoms with Crippen molar-refractivity contribution in [1.29, 1.82) is 0 Å². The van der Waals surface area contributed by atoms with Gasteiger partial charge in [-0.2, -0.15) is 0 Å². The van der Waals surface area contributed by atoms with Gasteiger partial charge in [0.15, 0.2) is 0 Å². The Balaban J connectivity index is 2.01. The summed E-state index contributed by atoms with van der Waals surface area (Å²) in [7, 11) is 1.61. The number of ether oxygens (including phenoxy) is 1. The third-order valence-corrected chi connectivity index (χ3v) is 5.12. The predicted octanol–water partition coefficient (Wildman–Crippen LogP) is 1.82. The van der Waals surface area contributed by atoms with Crippen molar-refractivity contribution in [2.24, 2.45) is 0 Å². The molecule has 0 atom stereocenters. The summed E-state index contributed by atoms with van der Waals surface area (Å²) in [6, 6.07) is 7.18. The van der Waals surface area contributed by atoms with Crippen molar-refractivity contribution in [2.75, 3.05) is 39.8 Å². The molecule has 0 spiro atoms. The second-order valence-corrected chi connectivity index (χ2v) is 6.95. The Morgan fingerprint density at radius 2 is 1.62 bits per heavy atom. The lowest BCUT2D eigenvalue weighted by molar-refractivity contribution is -0.139. The topological polar surface area (TPSA) is 53.1 Å². The van der Waals surface area contributed by atoms with Crippen molar-refractivity contribution in [2.45, 2.75) is 26.8 Å². The highest BCUT2D eigenvalue weighted by Crippen LogP contribution is 2.33. The van der Waals surface area contributed by atoms with Gasteiger partial charge in [0.25, 0.3) is 11.8 Å². The van der Waals surface area contributed by atoms with E-state index in [4.69, 9.17) is 4.74 Å². The fourth-order valence-electron chi connectivity index (χ4n) is 3.60. The van der Waals surface area contributed by atoms with Crippen LogP contribution in [0, 0.1) is 0 Å². The number of likely N-dealkylation sites (N-methyl/N-ethyl adjacent to an activating group) is 1. The van der Waals surface area contributed by atoms with E-state index in [9.17, 15) is 9.59 Å². The minimum atomic E-state index is -0.205. The van der Waals surface area contributed by atoms with E-state index in [1.165, 1.54) is 4.90 Å². The van der Waals surface area contributed by atoms with E-state index in [-0.39, 0.29) is 17.9 Å². The Morgan fingerprint density at radius 1 is 1.00 bits per heavy atom. The number of rotatable bonds is 5. The molecule has 2 amide bonds. The van der Waals surface area contributed by atoms with E-state index >= 15 is 0 Å². The van der Waals surface area contributed by atoms with Crippen LogP contribution in [-0.2, 0) is 9.59 Å². The van der Waals surface area contributed by atoms with Gasteiger partial charge in [0.2, 0.25) is 0 Å². The van der Waals surface area contributed by atoms with Crippen LogP contribution in [0.15, 0.2) is 30.0 Å². The Morgan fingerprint density at radius 3 is 2.12 bits per heavy atom. The number of carbonyl (C=O) groups is 2. The summed E-state index contributed by atoms with van der Waals surface area (Å²) in [5, 5.41) is 0. The molecule has 1 saturated heterocycles. The monoisotopic (exact) mass is 357 g/mol. The molecule has 0 bridgehead atoms. The van der Waals surface area contributed by atoms with Crippen LogP contribution in [-0.4, -0.2) is 72.4 Å². The van der Waals surface area contributed by atoms with E-state index in [0.717, 1.165) is 44.0 Å². The Hall–Kier alpha value is -2.34. The third kappa shape index (κ3) is 3.21. The van der Waals surface area contributed by atoms with Gasteiger partial charge in [-0.3, -0.25) is 14.5 Å². The molecule has 2 aliphatic rings. The molecular weight excluding hydrogens is 330 g/mol. The first-order valence-corrected chi connectivity index (χ1v) is 9.21. The summed E-state index contributed by atoms with van der Waals surface area (Å²) in [5.41, 5.74) is 1.82. The van der Waals surface area contributed by atoms with Gasteiger partial charge in [-0.1, -0.05) is 19.1 Å². The van der Waals surface area contributed by atoms with Crippen molar-refractivity contribution in [3.63, 3.8) is 0 Å². The first-order chi connectivity index (χ1) is 12.5. The first-order valence-electron chi connectivity index (χ1n) is 9.21. The lowest BCUT2D eigenvalue weighted by Crippen LogP contribution is -2.47. The van der Waals surface area contributed by atoms with Gasteiger partial charge in [0, 0.05) is 32.2 Å². The van der Waals surface area contributed by atoms with Crippen LogP contribution >= 0.6 is 0 Å². The number of hydrogen-bond donors (Lipinski definition) is 0. The summed E-state index contributed by atoms with van der Waals surface area (Å²) in [6.45, 7) is 10.2. The van der Waals surface area contributed by atoms with Crippen LogP contribution in [0.5, 0.6) is 5.75 Å². The van der Waals surface area contributed by atoms with Gasteiger partial charge >= 0.3 is 0 Å². The lowest BCUT2D eigenvalue weighted by atomic mass is 10.0. The van der Waals surface area contributed by atoms with Crippen LogP contribution in [0.2, 0.25) is 0 Å². The molecule has 2 heterocycles. The van der Waals surface area contributed by atoms with Gasteiger partial charge in [0.1, 0.15) is 11.4 Å². The molecular formula is C20H27N3O3. The quantitative estimate of drug-likeness (QED) is 0.753. The maximum Gasteiger partial charge on any atom is 0.278 e. The lowest BCUT2D eigenvalue weighted by Gasteiger charge is -2.36. The minimum Gasteiger partial charge on any atom is -0.497 e. The molecule has 3 rings (SSSR count).